The third-order valence-electron chi connectivity index (χ3n) is 6.81. The summed E-state index contributed by atoms with van der Waals surface area (Å²) < 4.78 is 6.09. The SMILES string of the molecule is CC(C)NC1C(=O)N(CCCN2CCN(c3ccccc3OCC3CC3)CC2)C(=O)C1C.Cl. The molecular formula is C25H39ClN4O3. The van der Waals surface area contributed by atoms with Crippen LogP contribution in [-0.4, -0.2) is 79.6 Å². The molecule has 3 fully saturated rings. The number of nitrogens with zero attached hydrogens (tertiary/aromatic N) is 3. The first-order chi connectivity index (χ1) is 15.4. The zero-order valence-electron chi connectivity index (χ0n) is 20.2. The molecule has 0 radical (unpaired) electrons. The minimum absolute atomic E-state index is 0. The smallest absolute Gasteiger partial charge is 0.247 e. The second kappa shape index (κ2) is 11.5. The minimum atomic E-state index is -0.381. The number of piperazine rings is 1. The fraction of sp³-hybridized carbons (Fsp3) is 0.680. The van der Waals surface area contributed by atoms with Gasteiger partial charge in [-0.1, -0.05) is 32.9 Å². The summed E-state index contributed by atoms with van der Waals surface area (Å²) in [5.41, 5.74) is 1.19. The largest absolute Gasteiger partial charge is 0.491 e. The Morgan fingerprint density at radius 1 is 1.03 bits per heavy atom. The average Bonchev–Trinajstić information content (AvgIpc) is 3.60. The van der Waals surface area contributed by atoms with Crippen molar-refractivity contribution in [1.29, 1.82) is 0 Å². The molecule has 0 bridgehead atoms. The van der Waals surface area contributed by atoms with Gasteiger partial charge >= 0.3 is 0 Å². The highest BCUT2D eigenvalue weighted by Crippen LogP contribution is 2.33. The van der Waals surface area contributed by atoms with Crippen LogP contribution in [0.15, 0.2) is 24.3 Å². The summed E-state index contributed by atoms with van der Waals surface area (Å²) in [5.74, 6) is 1.35. The van der Waals surface area contributed by atoms with Gasteiger partial charge in [0.15, 0.2) is 0 Å². The van der Waals surface area contributed by atoms with Gasteiger partial charge in [0.05, 0.1) is 24.3 Å². The van der Waals surface area contributed by atoms with Gasteiger partial charge in [-0.2, -0.15) is 0 Å². The highest BCUT2D eigenvalue weighted by atomic mass is 35.5. The second-order valence-corrected chi connectivity index (χ2v) is 9.82. The van der Waals surface area contributed by atoms with E-state index < -0.39 is 0 Å². The molecule has 1 aromatic rings. The van der Waals surface area contributed by atoms with Gasteiger partial charge in [-0.25, -0.2) is 0 Å². The van der Waals surface area contributed by atoms with Crippen molar-refractivity contribution in [3.05, 3.63) is 24.3 Å². The van der Waals surface area contributed by atoms with Crippen molar-refractivity contribution in [2.45, 2.75) is 52.1 Å². The number of para-hydroxylation sites is 2. The Morgan fingerprint density at radius 3 is 2.39 bits per heavy atom. The highest BCUT2D eigenvalue weighted by Gasteiger charge is 2.44. The first-order valence-corrected chi connectivity index (χ1v) is 12.2. The number of hydrogen-bond acceptors (Lipinski definition) is 6. The molecule has 2 aliphatic heterocycles. The first-order valence-electron chi connectivity index (χ1n) is 12.2. The van der Waals surface area contributed by atoms with Crippen LogP contribution in [-0.2, 0) is 9.59 Å². The lowest BCUT2D eigenvalue weighted by Gasteiger charge is -2.37. The summed E-state index contributed by atoms with van der Waals surface area (Å²) >= 11 is 0. The molecule has 1 aliphatic carbocycles. The van der Waals surface area contributed by atoms with E-state index in [9.17, 15) is 9.59 Å². The van der Waals surface area contributed by atoms with E-state index in [-0.39, 0.29) is 42.2 Å². The predicted molar refractivity (Wildman–Crippen MR) is 133 cm³/mol. The number of carbonyl (C=O) groups is 2. The van der Waals surface area contributed by atoms with Crippen LogP contribution in [0.1, 0.15) is 40.0 Å². The molecule has 1 aromatic carbocycles. The number of anilines is 1. The first kappa shape index (κ1) is 25.8. The van der Waals surface area contributed by atoms with E-state index in [1.807, 2.05) is 26.8 Å². The normalized spacial score (nSPS) is 23.9. The van der Waals surface area contributed by atoms with E-state index in [0.29, 0.717) is 6.54 Å². The van der Waals surface area contributed by atoms with Crippen LogP contribution in [0.5, 0.6) is 5.75 Å². The number of ether oxygens (including phenoxy) is 1. The molecule has 2 amide bonds. The van der Waals surface area contributed by atoms with E-state index in [1.54, 1.807) is 0 Å². The zero-order chi connectivity index (χ0) is 22.7. The van der Waals surface area contributed by atoms with Gasteiger partial charge in [0.25, 0.3) is 0 Å². The molecular weight excluding hydrogens is 440 g/mol. The standard InChI is InChI=1S/C25H38N4O3.ClH/c1-18(2)26-23-19(3)24(30)29(25(23)31)12-6-11-27-13-15-28(16-14-27)21-7-4-5-8-22(21)32-17-20-9-10-20;/h4-5,7-8,18-20,23,26H,6,9-17H2,1-3H3;1H. The van der Waals surface area contributed by atoms with E-state index in [4.69, 9.17) is 4.74 Å². The summed E-state index contributed by atoms with van der Waals surface area (Å²) in [7, 11) is 0. The Labute approximate surface area is 204 Å². The van der Waals surface area contributed by atoms with Crippen LogP contribution in [0.3, 0.4) is 0 Å². The lowest BCUT2D eigenvalue weighted by molar-refractivity contribution is -0.139. The van der Waals surface area contributed by atoms with Crippen molar-refractivity contribution >= 4 is 29.9 Å². The molecule has 2 unspecified atom stereocenters. The number of amides is 2. The average molecular weight is 479 g/mol. The van der Waals surface area contributed by atoms with Gasteiger partial charge in [0.1, 0.15) is 5.75 Å². The fourth-order valence-electron chi connectivity index (χ4n) is 4.67. The maximum atomic E-state index is 12.7. The van der Waals surface area contributed by atoms with Gasteiger partial charge in [0, 0.05) is 38.8 Å². The lowest BCUT2D eigenvalue weighted by Crippen LogP contribution is -2.47. The van der Waals surface area contributed by atoms with Gasteiger partial charge in [0.2, 0.25) is 11.8 Å². The minimum Gasteiger partial charge on any atom is -0.491 e. The third-order valence-corrected chi connectivity index (χ3v) is 6.81. The second-order valence-electron chi connectivity index (χ2n) is 9.82. The molecule has 2 atom stereocenters. The van der Waals surface area contributed by atoms with Gasteiger partial charge in [-0.15, -0.1) is 12.4 Å². The molecule has 0 spiro atoms. The number of benzene rings is 1. The summed E-state index contributed by atoms with van der Waals surface area (Å²) in [4.78, 5) is 31.6. The number of rotatable bonds is 10. The fourth-order valence-corrected chi connectivity index (χ4v) is 4.67. The Bertz CT molecular complexity index is 809. The topological polar surface area (TPSA) is 65.1 Å². The summed E-state index contributed by atoms with van der Waals surface area (Å²) in [5, 5.41) is 3.25. The summed E-state index contributed by atoms with van der Waals surface area (Å²) in [6.07, 6.45) is 3.41. The molecule has 1 N–H and O–H groups in total. The number of carbonyl (C=O) groups excluding carboxylic acids is 2. The van der Waals surface area contributed by atoms with Crippen molar-refractivity contribution < 1.29 is 14.3 Å². The van der Waals surface area contributed by atoms with Crippen LogP contribution in [0, 0.1) is 11.8 Å². The Morgan fingerprint density at radius 2 is 1.73 bits per heavy atom. The van der Waals surface area contributed by atoms with Gasteiger partial charge in [-0.05, 0) is 43.9 Å². The summed E-state index contributed by atoms with van der Waals surface area (Å²) in [6, 6.07) is 8.17. The Kier molecular flexibility index (Phi) is 9.02. The molecule has 8 heteroatoms. The van der Waals surface area contributed by atoms with Crippen molar-refractivity contribution in [3.8, 4) is 5.75 Å². The third kappa shape index (κ3) is 6.40. The number of halogens is 1. The van der Waals surface area contributed by atoms with Crippen LogP contribution < -0.4 is 15.0 Å². The molecule has 4 rings (SSSR count). The molecule has 0 aromatic heterocycles. The molecule has 2 saturated heterocycles. The van der Waals surface area contributed by atoms with E-state index in [1.165, 1.54) is 23.4 Å². The van der Waals surface area contributed by atoms with Crippen molar-refractivity contribution in [1.82, 2.24) is 15.1 Å². The Hall–Kier alpha value is -1.83. The predicted octanol–water partition coefficient (Wildman–Crippen LogP) is 2.78. The van der Waals surface area contributed by atoms with E-state index in [2.05, 4.69) is 33.3 Å². The lowest BCUT2D eigenvalue weighted by atomic mass is 10.0. The molecule has 3 aliphatic rings. The number of likely N-dealkylation sites (tertiary alicyclic amines) is 1. The van der Waals surface area contributed by atoms with Crippen LogP contribution in [0.4, 0.5) is 5.69 Å². The molecule has 1 saturated carbocycles. The van der Waals surface area contributed by atoms with Gasteiger partial charge in [-0.3, -0.25) is 19.4 Å². The monoisotopic (exact) mass is 478 g/mol. The van der Waals surface area contributed by atoms with Crippen molar-refractivity contribution in [2.75, 3.05) is 50.8 Å². The number of nitrogens with one attached hydrogen (secondary N) is 1. The highest BCUT2D eigenvalue weighted by molar-refractivity contribution is 6.06. The molecule has 184 valence electrons. The van der Waals surface area contributed by atoms with Crippen molar-refractivity contribution in [2.24, 2.45) is 11.8 Å². The molecule has 33 heavy (non-hydrogen) atoms. The van der Waals surface area contributed by atoms with Crippen molar-refractivity contribution in [3.63, 3.8) is 0 Å². The Balaban J connectivity index is 0.00000306. The number of imide groups is 1. The number of hydrogen-bond donors (Lipinski definition) is 1. The van der Waals surface area contributed by atoms with E-state index >= 15 is 0 Å². The van der Waals surface area contributed by atoms with E-state index in [0.717, 1.165) is 57.4 Å². The van der Waals surface area contributed by atoms with Crippen LogP contribution in [0.2, 0.25) is 0 Å². The molecule has 7 nitrogen and oxygen atoms in total. The summed E-state index contributed by atoms with van der Waals surface area (Å²) in [6.45, 7) is 12.0. The van der Waals surface area contributed by atoms with Crippen LogP contribution in [0.25, 0.3) is 0 Å². The van der Waals surface area contributed by atoms with Gasteiger partial charge < -0.3 is 15.0 Å². The maximum Gasteiger partial charge on any atom is 0.247 e. The maximum absolute atomic E-state index is 12.7. The quantitative estimate of drug-likeness (QED) is 0.522. The molecule has 2 heterocycles. The van der Waals surface area contributed by atoms with Crippen LogP contribution >= 0.6 is 12.4 Å². The zero-order valence-corrected chi connectivity index (χ0v) is 21.0.